The molecule has 106 valence electrons. The van der Waals surface area contributed by atoms with E-state index in [1.165, 1.54) is 6.92 Å². The van der Waals surface area contributed by atoms with Gasteiger partial charge in [-0.3, -0.25) is 4.79 Å². The van der Waals surface area contributed by atoms with Crippen molar-refractivity contribution < 1.29 is 18.0 Å². The van der Waals surface area contributed by atoms with Gasteiger partial charge in [0, 0.05) is 13.1 Å². The number of nitrogens with zero attached hydrogens (tertiary/aromatic N) is 1. The third kappa shape index (κ3) is 4.55. The van der Waals surface area contributed by atoms with E-state index in [2.05, 4.69) is 0 Å². The Morgan fingerprint density at radius 3 is 2.32 bits per heavy atom. The molecule has 6 heteroatoms. The molecule has 0 saturated carbocycles. The Kier molecular flexibility index (Phi) is 4.94. The number of benzene rings is 1. The molecule has 2 atom stereocenters. The molecule has 0 aromatic heterocycles. The summed E-state index contributed by atoms with van der Waals surface area (Å²) in [7, 11) is 1.13. The molecule has 1 aromatic carbocycles. The van der Waals surface area contributed by atoms with Crippen LogP contribution < -0.4 is 5.73 Å². The summed E-state index contributed by atoms with van der Waals surface area (Å²) in [5.41, 5.74) is 6.64. The van der Waals surface area contributed by atoms with Crippen LogP contribution in [0.5, 0.6) is 0 Å². The van der Waals surface area contributed by atoms with Gasteiger partial charge in [0.1, 0.15) is 6.54 Å². The topological polar surface area (TPSA) is 46.3 Å². The van der Waals surface area contributed by atoms with Crippen LogP contribution in [0.1, 0.15) is 18.5 Å². The minimum Gasteiger partial charge on any atom is -0.336 e. The van der Waals surface area contributed by atoms with Crippen molar-refractivity contribution >= 4 is 5.91 Å². The molecule has 2 N–H and O–H groups in total. The summed E-state index contributed by atoms with van der Waals surface area (Å²) in [4.78, 5) is 12.5. The minimum absolute atomic E-state index is 0.617. The molecule has 0 saturated heterocycles. The number of carbonyl (C=O) groups is 1. The van der Waals surface area contributed by atoms with E-state index in [0.29, 0.717) is 4.90 Å². The van der Waals surface area contributed by atoms with Gasteiger partial charge in [-0.15, -0.1) is 0 Å². The van der Waals surface area contributed by atoms with E-state index in [-0.39, 0.29) is 0 Å². The highest BCUT2D eigenvalue weighted by atomic mass is 19.4. The van der Waals surface area contributed by atoms with Crippen molar-refractivity contribution in [3.63, 3.8) is 0 Å². The quantitative estimate of drug-likeness (QED) is 0.916. The van der Waals surface area contributed by atoms with E-state index in [4.69, 9.17) is 5.73 Å². The van der Waals surface area contributed by atoms with Crippen LogP contribution in [-0.2, 0) is 4.79 Å². The van der Waals surface area contributed by atoms with Crippen molar-refractivity contribution in [3.05, 3.63) is 35.9 Å². The van der Waals surface area contributed by atoms with Crippen LogP contribution in [0.15, 0.2) is 30.3 Å². The average molecular weight is 274 g/mol. The summed E-state index contributed by atoms with van der Waals surface area (Å²) < 4.78 is 36.7. The summed E-state index contributed by atoms with van der Waals surface area (Å²) in [5, 5.41) is 0. The Balaban J connectivity index is 2.72. The number of alkyl halides is 3. The Morgan fingerprint density at radius 1 is 1.32 bits per heavy atom. The standard InChI is InChI=1S/C13H17F3N2O/c1-9(11(17)10-6-4-3-5-7-10)12(19)18(2)8-13(14,15)16/h3-7,9,11H,8,17H2,1-2H3. The van der Waals surface area contributed by atoms with Crippen LogP contribution in [0.4, 0.5) is 13.2 Å². The number of amides is 1. The predicted octanol–water partition coefficient (Wildman–Crippen LogP) is 2.34. The van der Waals surface area contributed by atoms with Crippen LogP contribution in [0.2, 0.25) is 0 Å². The number of nitrogens with two attached hydrogens (primary N) is 1. The van der Waals surface area contributed by atoms with Crippen LogP contribution >= 0.6 is 0 Å². The summed E-state index contributed by atoms with van der Waals surface area (Å²) in [6, 6.07) is 8.22. The Hall–Kier alpha value is -1.56. The van der Waals surface area contributed by atoms with Gasteiger partial charge in [0.2, 0.25) is 5.91 Å². The van der Waals surface area contributed by atoms with Crippen LogP contribution in [0.25, 0.3) is 0 Å². The molecule has 0 fully saturated rings. The molecule has 1 aromatic rings. The van der Waals surface area contributed by atoms with Gasteiger partial charge in [-0.1, -0.05) is 37.3 Å². The average Bonchev–Trinajstić information content (AvgIpc) is 2.35. The van der Waals surface area contributed by atoms with Crippen molar-refractivity contribution in [2.24, 2.45) is 11.7 Å². The van der Waals surface area contributed by atoms with Crippen molar-refractivity contribution in [3.8, 4) is 0 Å². The summed E-state index contributed by atoms with van der Waals surface area (Å²) in [6.45, 7) is 0.268. The molecule has 1 amide bonds. The van der Waals surface area contributed by atoms with Gasteiger partial charge in [0.05, 0.1) is 5.92 Å². The van der Waals surface area contributed by atoms with Crippen molar-refractivity contribution in [1.29, 1.82) is 0 Å². The zero-order chi connectivity index (χ0) is 14.6. The molecule has 3 nitrogen and oxygen atoms in total. The first-order valence-electron chi connectivity index (χ1n) is 5.84. The smallest absolute Gasteiger partial charge is 0.336 e. The van der Waals surface area contributed by atoms with E-state index < -0.39 is 30.6 Å². The molecule has 19 heavy (non-hydrogen) atoms. The maximum absolute atomic E-state index is 12.2. The predicted molar refractivity (Wildman–Crippen MR) is 66.2 cm³/mol. The fourth-order valence-electron chi connectivity index (χ4n) is 1.81. The Labute approximate surface area is 110 Å². The molecule has 0 spiro atoms. The highest BCUT2D eigenvalue weighted by Crippen LogP contribution is 2.22. The molecule has 0 radical (unpaired) electrons. The lowest BCUT2D eigenvalue weighted by Crippen LogP contribution is -2.41. The molecule has 0 bridgehead atoms. The highest BCUT2D eigenvalue weighted by molar-refractivity contribution is 5.79. The first kappa shape index (κ1) is 15.5. The van der Waals surface area contributed by atoms with E-state index in [0.717, 1.165) is 12.6 Å². The molecular formula is C13H17F3N2O. The van der Waals surface area contributed by atoms with Crippen molar-refractivity contribution in [2.75, 3.05) is 13.6 Å². The summed E-state index contributed by atoms with van der Waals surface area (Å²) in [5.74, 6) is -1.33. The lowest BCUT2D eigenvalue weighted by molar-refractivity contribution is -0.161. The molecule has 0 aliphatic carbocycles. The zero-order valence-electron chi connectivity index (χ0n) is 10.8. The van der Waals surface area contributed by atoms with Crippen LogP contribution in [-0.4, -0.2) is 30.6 Å². The third-order valence-electron chi connectivity index (χ3n) is 2.91. The van der Waals surface area contributed by atoms with Gasteiger partial charge in [0.25, 0.3) is 0 Å². The Morgan fingerprint density at radius 2 is 1.84 bits per heavy atom. The van der Waals surface area contributed by atoms with Crippen molar-refractivity contribution in [1.82, 2.24) is 4.90 Å². The maximum atomic E-state index is 12.2. The number of carbonyl (C=O) groups excluding carboxylic acids is 1. The van der Waals surface area contributed by atoms with E-state index in [9.17, 15) is 18.0 Å². The highest BCUT2D eigenvalue weighted by Gasteiger charge is 2.34. The normalized spacial score (nSPS) is 14.8. The largest absolute Gasteiger partial charge is 0.406 e. The number of rotatable bonds is 4. The van der Waals surface area contributed by atoms with E-state index in [1.807, 2.05) is 0 Å². The van der Waals surface area contributed by atoms with Gasteiger partial charge in [-0.25, -0.2) is 0 Å². The molecule has 0 aliphatic heterocycles. The molecule has 1 rings (SSSR count). The van der Waals surface area contributed by atoms with Gasteiger partial charge in [-0.2, -0.15) is 13.2 Å². The molecule has 0 heterocycles. The fourth-order valence-corrected chi connectivity index (χ4v) is 1.81. The van der Waals surface area contributed by atoms with Crippen LogP contribution in [0, 0.1) is 5.92 Å². The van der Waals surface area contributed by atoms with Gasteiger partial charge >= 0.3 is 6.18 Å². The molecule has 2 unspecified atom stereocenters. The monoisotopic (exact) mass is 274 g/mol. The lowest BCUT2D eigenvalue weighted by atomic mass is 9.94. The first-order valence-corrected chi connectivity index (χ1v) is 5.84. The van der Waals surface area contributed by atoms with Crippen molar-refractivity contribution in [2.45, 2.75) is 19.1 Å². The fraction of sp³-hybridized carbons (Fsp3) is 0.462. The van der Waals surface area contributed by atoms with Crippen LogP contribution in [0.3, 0.4) is 0 Å². The SMILES string of the molecule is CC(C(=O)N(C)CC(F)(F)F)C(N)c1ccccc1. The summed E-state index contributed by atoms with van der Waals surface area (Å²) in [6.07, 6.45) is -4.40. The second-order valence-corrected chi connectivity index (χ2v) is 4.53. The number of halogens is 3. The van der Waals surface area contributed by atoms with E-state index in [1.54, 1.807) is 30.3 Å². The summed E-state index contributed by atoms with van der Waals surface area (Å²) >= 11 is 0. The zero-order valence-corrected chi connectivity index (χ0v) is 10.8. The second-order valence-electron chi connectivity index (χ2n) is 4.53. The lowest BCUT2D eigenvalue weighted by Gasteiger charge is -2.26. The van der Waals surface area contributed by atoms with Gasteiger partial charge in [0.15, 0.2) is 0 Å². The van der Waals surface area contributed by atoms with E-state index >= 15 is 0 Å². The van der Waals surface area contributed by atoms with Gasteiger partial charge < -0.3 is 10.6 Å². The second kappa shape index (κ2) is 6.06. The molecule has 0 aliphatic rings. The first-order chi connectivity index (χ1) is 8.72. The van der Waals surface area contributed by atoms with Gasteiger partial charge in [-0.05, 0) is 5.56 Å². The number of hydrogen-bond acceptors (Lipinski definition) is 2. The minimum atomic E-state index is -4.40. The third-order valence-corrected chi connectivity index (χ3v) is 2.91. The maximum Gasteiger partial charge on any atom is 0.406 e. The molecular weight excluding hydrogens is 257 g/mol. The Bertz CT molecular complexity index is 420. The number of hydrogen-bond donors (Lipinski definition) is 1.